The molecule has 0 radical (unpaired) electrons. The number of ether oxygens (including phenoxy) is 1. The van der Waals surface area contributed by atoms with Crippen molar-refractivity contribution >= 4 is 0 Å². The van der Waals surface area contributed by atoms with Crippen molar-refractivity contribution in [3.8, 4) is 5.75 Å². The molecule has 2 heteroatoms. The predicted octanol–water partition coefficient (Wildman–Crippen LogP) is 2.15. The Hall–Kier alpha value is -1.02. The molecule has 0 aliphatic heterocycles. The van der Waals surface area contributed by atoms with Gasteiger partial charge in [-0.15, -0.1) is 0 Å². The summed E-state index contributed by atoms with van der Waals surface area (Å²) in [6.45, 7) is 0.807. The van der Waals surface area contributed by atoms with Crippen LogP contribution >= 0.6 is 0 Å². The van der Waals surface area contributed by atoms with E-state index in [1.54, 1.807) is 7.11 Å². The highest BCUT2D eigenvalue weighted by molar-refractivity contribution is 5.32. The summed E-state index contributed by atoms with van der Waals surface area (Å²) >= 11 is 0. The first-order valence-electron chi connectivity index (χ1n) is 5.19. The third-order valence-electron chi connectivity index (χ3n) is 3.24. The maximum absolute atomic E-state index is 5.70. The normalized spacial score (nSPS) is 25.6. The summed E-state index contributed by atoms with van der Waals surface area (Å²) in [5.41, 5.74) is 7.08. The van der Waals surface area contributed by atoms with Gasteiger partial charge in [0.2, 0.25) is 0 Å². The molecule has 0 spiro atoms. The van der Waals surface area contributed by atoms with Crippen LogP contribution in [0, 0.1) is 5.92 Å². The summed E-state index contributed by atoms with van der Waals surface area (Å²) in [6.07, 6.45) is 2.55. The van der Waals surface area contributed by atoms with Gasteiger partial charge in [0, 0.05) is 0 Å². The van der Waals surface area contributed by atoms with Crippen LogP contribution in [-0.4, -0.2) is 13.7 Å². The summed E-state index contributed by atoms with van der Waals surface area (Å²) < 4.78 is 5.21. The largest absolute Gasteiger partial charge is 0.497 e. The number of methoxy groups -OCH3 is 1. The molecule has 14 heavy (non-hydrogen) atoms. The first-order chi connectivity index (χ1) is 6.85. The smallest absolute Gasteiger partial charge is 0.119 e. The van der Waals surface area contributed by atoms with E-state index in [-0.39, 0.29) is 0 Å². The molecule has 2 unspecified atom stereocenters. The second-order valence-electron chi connectivity index (χ2n) is 3.96. The van der Waals surface area contributed by atoms with Crippen molar-refractivity contribution in [3.05, 3.63) is 29.8 Å². The molecular weight excluding hydrogens is 174 g/mol. The van der Waals surface area contributed by atoms with Crippen LogP contribution in [0.5, 0.6) is 5.75 Å². The highest BCUT2D eigenvalue weighted by Gasteiger charge is 2.30. The van der Waals surface area contributed by atoms with E-state index in [0.29, 0.717) is 11.8 Å². The molecular formula is C12H17NO. The van der Waals surface area contributed by atoms with Crippen LogP contribution < -0.4 is 10.5 Å². The first-order valence-corrected chi connectivity index (χ1v) is 5.19. The SMILES string of the molecule is COc1cccc(C2CCC2CN)c1. The van der Waals surface area contributed by atoms with E-state index in [2.05, 4.69) is 18.2 Å². The number of hydrogen-bond acceptors (Lipinski definition) is 2. The molecule has 0 heterocycles. The van der Waals surface area contributed by atoms with Crippen LogP contribution in [0.25, 0.3) is 0 Å². The fourth-order valence-corrected chi connectivity index (χ4v) is 2.16. The van der Waals surface area contributed by atoms with Crippen LogP contribution in [-0.2, 0) is 0 Å². The van der Waals surface area contributed by atoms with E-state index in [4.69, 9.17) is 10.5 Å². The summed E-state index contributed by atoms with van der Waals surface area (Å²) in [5, 5.41) is 0. The molecule has 0 amide bonds. The van der Waals surface area contributed by atoms with E-state index in [9.17, 15) is 0 Å². The van der Waals surface area contributed by atoms with Crippen molar-refractivity contribution in [3.63, 3.8) is 0 Å². The average molecular weight is 191 g/mol. The number of nitrogens with two attached hydrogens (primary N) is 1. The summed E-state index contributed by atoms with van der Waals surface area (Å²) in [4.78, 5) is 0. The van der Waals surface area contributed by atoms with Gasteiger partial charge >= 0.3 is 0 Å². The molecule has 1 aliphatic rings. The maximum Gasteiger partial charge on any atom is 0.119 e. The summed E-state index contributed by atoms with van der Waals surface area (Å²) in [6, 6.07) is 8.35. The minimum Gasteiger partial charge on any atom is -0.497 e. The Kier molecular flexibility index (Phi) is 2.73. The lowest BCUT2D eigenvalue weighted by molar-refractivity contribution is 0.263. The standard InChI is InChI=1S/C12H17NO/c1-14-11-4-2-3-9(7-11)12-6-5-10(12)8-13/h2-4,7,10,12H,5-6,8,13H2,1H3. The fourth-order valence-electron chi connectivity index (χ4n) is 2.16. The van der Waals surface area contributed by atoms with Crippen molar-refractivity contribution in [2.45, 2.75) is 18.8 Å². The second kappa shape index (κ2) is 4.01. The zero-order valence-electron chi connectivity index (χ0n) is 8.57. The molecule has 1 aliphatic carbocycles. The van der Waals surface area contributed by atoms with E-state index in [1.165, 1.54) is 18.4 Å². The summed E-state index contributed by atoms with van der Waals surface area (Å²) in [5.74, 6) is 2.29. The van der Waals surface area contributed by atoms with Crippen molar-refractivity contribution in [1.82, 2.24) is 0 Å². The quantitative estimate of drug-likeness (QED) is 0.794. The van der Waals surface area contributed by atoms with Crippen molar-refractivity contribution < 1.29 is 4.74 Å². The molecule has 2 atom stereocenters. The Balaban J connectivity index is 2.15. The van der Waals surface area contributed by atoms with E-state index < -0.39 is 0 Å². The molecule has 76 valence electrons. The lowest BCUT2D eigenvalue weighted by atomic mass is 9.70. The minimum atomic E-state index is 0.662. The molecule has 2 rings (SSSR count). The Bertz CT molecular complexity index is 309. The molecule has 0 bridgehead atoms. The molecule has 2 N–H and O–H groups in total. The Labute approximate surface area is 85.1 Å². The molecule has 1 aromatic rings. The molecule has 1 saturated carbocycles. The molecule has 0 aromatic heterocycles. The number of hydrogen-bond donors (Lipinski definition) is 1. The zero-order chi connectivity index (χ0) is 9.97. The Morgan fingerprint density at radius 2 is 2.29 bits per heavy atom. The van der Waals surface area contributed by atoms with Crippen LogP contribution in [0.2, 0.25) is 0 Å². The van der Waals surface area contributed by atoms with Crippen molar-refractivity contribution in [2.24, 2.45) is 11.7 Å². The Morgan fingerprint density at radius 3 is 2.86 bits per heavy atom. The molecule has 1 fully saturated rings. The highest BCUT2D eigenvalue weighted by Crippen LogP contribution is 2.42. The van der Waals surface area contributed by atoms with Gasteiger partial charge in [0.15, 0.2) is 0 Å². The van der Waals surface area contributed by atoms with Gasteiger partial charge in [0.1, 0.15) is 5.75 Å². The van der Waals surface area contributed by atoms with Gasteiger partial charge in [-0.3, -0.25) is 0 Å². The topological polar surface area (TPSA) is 35.2 Å². The lowest BCUT2D eigenvalue weighted by Crippen LogP contribution is -2.30. The molecule has 0 saturated heterocycles. The average Bonchev–Trinajstić information content (AvgIpc) is 2.17. The first kappa shape index (κ1) is 9.53. The number of rotatable bonds is 3. The fraction of sp³-hybridized carbons (Fsp3) is 0.500. The van der Waals surface area contributed by atoms with Crippen LogP contribution in [0.3, 0.4) is 0 Å². The third-order valence-corrected chi connectivity index (χ3v) is 3.24. The van der Waals surface area contributed by atoms with Crippen molar-refractivity contribution in [1.29, 1.82) is 0 Å². The zero-order valence-corrected chi connectivity index (χ0v) is 8.57. The molecule has 2 nitrogen and oxygen atoms in total. The predicted molar refractivity (Wildman–Crippen MR) is 57.5 cm³/mol. The van der Waals surface area contributed by atoms with Crippen LogP contribution in [0.1, 0.15) is 24.3 Å². The Morgan fingerprint density at radius 1 is 1.43 bits per heavy atom. The van der Waals surface area contributed by atoms with Crippen molar-refractivity contribution in [2.75, 3.05) is 13.7 Å². The minimum absolute atomic E-state index is 0.662. The monoisotopic (exact) mass is 191 g/mol. The van der Waals surface area contributed by atoms with Gasteiger partial charge in [0.25, 0.3) is 0 Å². The number of benzene rings is 1. The molecule has 1 aromatic carbocycles. The van der Waals surface area contributed by atoms with Gasteiger partial charge < -0.3 is 10.5 Å². The summed E-state index contributed by atoms with van der Waals surface area (Å²) in [7, 11) is 1.71. The van der Waals surface area contributed by atoms with Crippen LogP contribution in [0.4, 0.5) is 0 Å². The van der Waals surface area contributed by atoms with Gasteiger partial charge in [0.05, 0.1) is 7.11 Å². The third kappa shape index (κ3) is 1.62. The highest BCUT2D eigenvalue weighted by atomic mass is 16.5. The second-order valence-corrected chi connectivity index (χ2v) is 3.96. The lowest BCUT2D eigenvalue weighted by Gasteiger charge is -2.36. The van der Waals surface area contributed by atoms with E-state index in [0.717, 1.165) is 12.3 Å². The van der Waals surface area contributed by atoms with Gasteiger partial charge in [-0.1, -0.05) is 12.1 Å². The van der Waals surface area contributed by atoms with Crippen LogP contribution in [0.15, 0.2) is 24.3 Å². The van der Waals surface area contributed by atoms with Gasteiger partial charge in [-0.2, -0.15) is 0 Å². The van der Waals surface area contributed by atoms with Gasteiger partial charge in [-0.05, 0) is 48.9 Å². The van der Waals surface area contributed by atoms with E-state index >= 15 is 0 Å². The van der Waals surface area contributed by atoms with E-state index in [1.807, 2.05) is 6.07 Å². The maximum atomic E-state index is 5.70. The van der Waals surface area contributed by atoms with Gasteiger partial charge in [-0.25, -0.2) is 0 Å².